The van der Waals surface area contributed by atoms with Gasteiger partial charge in [0.1, 0.15) is 5.75 Å². The van der Waals surface area contributed by atoms with E-state index in [1.54, 1.807) is 23.1 Å². The van der Waals surface area contributed by atoms with E-state index in [0.717, 1.165) is 28.3 Å². The Morgan fingerprint density at radius 3 is 2.92 bits per heavy atom. The Hall–Kier alpha value is -2.60. The largest absolute Gasteiger partial charge is 0.497 e. The van der Waals surface area contributed by atoms with E-state index in [2.05, 4.69) is 10.4 Å². The van der Waals surface area contributed by atoms with Crippen molar-refractivity contribution in [3.8, 4) is 16.3 Å². The third-order valence-corrected chi connectivity index (χ3v) is 4.61. The highest BCUT2D eigenvalue weighted by molar-refractivity contribution is 7.13. The molecule has 0 unspecified atom stereocenters. The van der Waals surface area contributed by atoms with Crippen LogP contribution < -0.4 is 10.1 Å². The molecule has 1 amide bonds. The van der Waals surface area contributed by atoms with Gasteiger partial charge in [0, 0.05) is 13.6 Å². The van der Waals surface area contributed by atoms with Gasteiger partial charge in [-0.05, 0) is 41.6 Å². The Morgan fingerprint density at radius 1 is 1.29 bits per heavy atom. The van der Waals surface area contributed by atoms with Crippen molar-refractivity contribution in [3.05, 3.63) is 59.1 Å². The number of methoxy groups -OCH3 is 1. The maximum atomic E-state index is 12.3. The van der Waals surface area contributed by atoms with Gasteiger partial charge in [0.2, 0.25) is 0 Å². The molecule has 0 spiro atoms. The van der Waals surface area contributed by atoms with Gasteiger partial charge in [0.25, 0.3) is 5.91 Å². The Kier molecular flexibility index (Phi) is 4.96. The van der Waals surface area contributed by atoms with E-state index >= 15 is 0 Å². The Morgan fingerprint density at radius 2 is 2.17 bits per heavy atom. The van der Waals surface area contributed by atoms with E-state index in [4.69, 9.17) is 4.74 Å². The monoisotopic (exact) mass is 341 g/mol. The fraction of sp³-hybridized carbons (Fsp3) is 0.222. The van der Waals surface area contributed by atoms with Crippen LogP contribution in [0.3, 0.4) is 0 Å². The number of carbonyl (C=O) groups excluding carboxylic acids is 1. The summed E-state index contributed by atoms with van der Waals surface area (Å²) in [5, 5.41) is 9.24. The third kappa shape index (κ3) is 3.65. The molecule has 0 aliphatic carbocycles. The number of nitrogens with zero attached hydrogens (tertiary/aromatic N) is 2. The quantitative estimate of drug-likeness (QED) is 0.749. The molecule has 3 rings (SSSR count). The Labute approximate surface area is 144 Å². The van der Waals surface area contributed by atoms with Crippen LogP contribution in [0.5, 0.6) is 5.75 Å². The fourth-order valence-electron chi connectivity index (χ4n) is 2.47. The van der Waals surface area contributed by atoms with Crippen molar-refractivity contribution >= 4 is 17.2 Å². The van der Waals surface area contributed by atoms with Crippen LogP contribution in [0.2, 0.25) is 0 Å². The Bertz CT molecular complexity index is 825. The van der Waals surface area contributed by atoms with E-state index < -0.39 is 0 Å². The number of amides is 1. The summed E-state index contributed by atoms with van der Waals surface area (Å²) in [6.07, 6.45) is 0.744. The summed E-state index contributed by atoms with van der Waals surface area (Å²) in [5.41, 5.74) is 2.50. The highest BCUT2D eigenvalue weighted by atomic mass is 32.1. The maximum absolute atomic E-state index is 12.3. The zero-order valence-electron chi connectivity index (χ0n) is 13.7. The number of benzene rings is 1. The van der Waals surface area contributed by atoms with Gasteiger partial charge in [-0.3, -0.25) is 9.48 Å². The first-order valence-corrected chi connectivity index (χ1v) is 8.54. The Balaban J connectivity index is 1.60. The van der Waals surface area contributed by atoms with Gasteiger partial charge in [-0.15, -0.1) is 11.3 Å². The highest BCUT2D eigenvalue weighted by Crippen LogP contribution is 2.24. The van der Waals surface area contributed by atoms with Crippen LogP contribution in [0.1, 0.15) is 16.1 Å². The number of ether oxygens (including phenoxy) is 1. The van der Waals surface area contributed by atoms with Gasteiger partial charge in [0.05, 0.1) is 17.7 Å². The van der Waals surface area contributed by atoms with Crippen molar-refractivity contribution in [2.45, 2.75) is 6.42 Å². The number of carbonyl (C=O) groups is 1. The second kappa shape index (κ2) is 7.31. The molecular weight excluding hydrogens is 322 g/mol. The molecule has 0 radical (unpaired) electrons. The molecule has 5 nitrogen and oxygen atoms in total. The zero-order valence-corrected chi connectivity index (χ0v) is 14.5. The van der Waals surface area contributed by atoms with Gasteiger partial charge in [-0.25, -0.2) is 0 Å². The van der Waals surface area contributed by atoms with Crippen LogP contribution in [0.4, 0.5) is 0 Å². The first-order chi connectivity index (χ1) is 11.7. The fourth-order valence-corrected chi connectivity index (χ4v) is 3.24. The zero-order chi connectivity index (χ0) is 16.9. The van der Waals surface area contributed by atoms with Crippen molar-refractivity contribution in [3.63, 3.8) is 0 Å². The number of thiophene rings is 1. The smallest absolute Gasteiger partial charge is 0.271 e. The normalized spacial score (nSPS) is 10.6. The minimum Gasteiger partial charge on any atom is -0.497 e. The first-order valence-electron chi connectivity index (χ1n) is 7.66. The van der Waals surface area contributed by atoms with Gasteiger partial charge in [0.15, 0.2) is 5.69 Å². The van der Waals surface area contributed by atoms with Crippen LogP contribution in [-0.2, 0) is 13.5 Å². The van der Waals surface area contributed by atoms with Crippen molar-refractivity contribution < 1.29 is 9.53 Å². The van der Waals surface area contributed by atoms with Crippen molar-refractivity contribution in [2.75, 3.05) is 13.7 Å². The summed E-state index contributed by atoms with van der Waals surface area (Å²) in [7, 11) is 3.50. The predicted molar refractivity (Wildman–Crippen MR) is 95.6 cm³/mol. The van der Waals surface area contributed by atoms with Crippen molar-refractivity contribution in [1.29, 1.82) is 0 Å². The SMILES string of the molecule is COc1cccc(CCNC(=O)c2cc(-c3cccs3)n(C)n2)c1. The van der Waals surface area contributed by atoms with Gasteiger partial charge < -0.3 is 10.1 Å². The van der Waals surface area contributed by atoms with E-state index in [0.29, 0.717) is 12.2 Å². The standard InChI is InChI=1S/C18H19N3O2S/c1-21-16(17-7-4-10-24-17)12-15(20-21)18(22)19-9-8-13-5-3-6-14(11-13)23-2/h3-7,10-12H,8-9H2,1-2H3,(H,19,22). The molecule has 6 heteroatoms. The molecular formula is C18H19N3O2S. The number of aryl methyl sites for hydroxylation is 1. The summed E-state index contributed by atoms with van der Waals surface area (Å²) in [6, 6.07) is 13.7. The molecule has 2 heterocycles. The summed E-state index contributed by atoms with van der Waals surface area (Å²) >= 11 is 1.63. The highest BCUT2D eigenvalue weighted by Gasteiger charge is 2.14. The summed E-state index contributed by atoms with van der Waals surface area (Å²) in [5.74, 6) is 0.667. The average molecular weight is 341 g/mol. The van der Waals surface area contributed by atoms with E-state index in [1.165, 1.54) is 0 Å². The topological polar surface area (TPSA) is 56.1 Å². The number of hydrogen-bond donors (Lipinski definition) is 1. The second-order valence-electron chi connectivity index (χ2n) is 5.37. The predicted octanol–water partition coefficient (Wildman–Crippen LogP) is 3.13. The van der Waals surface area contributed by atoms with Crippen LogP contribution in [-0.4, -0.2) is 29.3 Å². The minimum atomic E-state index is -0.156. The molecule has 0 fully saturated rings. The number of hydrogen-bond acceptors (Lipinski definition) is 4. The van der Waals surface area contributed by atoms with Crippen LogP contribution in [0, 0.1) is 0 Å². The minimum absolute atomic E-state index is 0.156. The van der Waals surface area contributed by atoms with Gasteiger partial charge in [-0.2, -0.15) is 5.10 Å². The van der Waals surface area contributed by atoms with Crippen LogP contribution in [0.15, 0.2) is 47.8 Å². The van der Waals surface area contributed by atoms with Gasteiger partial charge in [-0.1, -0.05) is 18.2 Å². The second-order valence-corrected chi connectivity index (χ2v) is 6.32. The van der Waals surface area contributed by atoms with E-state index in [-0.39, 0.29) is 5.91 Å². The lowest BCUT2D eigenvalue weighted by molar-refractivity contribution is 0.0948. The van der Waals surface area contributed by atoms with E-state index in [1.807, 2.05) is 54.9 Å². The molecule has 1 aromatic carbocycles. The molecule has 0 atom stereocenters. The first kappa shape index (κ1) is 16.3. The lowest BCUT2D eigenvalue weighted by Crippen LogP contribution is -2.26. The summed E-state index contributed by atoms with van der Waals surface area (Å²) in [4.78, 5) is 13.4. The maximum Gasteiger partial charge on any atom is 0.271 e. The lowest BCUT2D eigenvalue weighted by atomic mass is 10.1. The molecule has 2 aromatic heterocycles. The van der Waals surface area contributed by atoms with E-state index in [9.17, 15) is 4.79 Å². The van der Waals surface area contributed by atoms with Crippen LogP contribution >= 0.6 is 11.3 Å². The number of nitrogens with one attached hydrogen (secondary N) is 1. The lowest BCUT2D eigenvalue weighted by Gasteiger charge is -2.05. The molecule has 0 aliphatic rings. The number of aromatic nitrogens is 2. The average Bonchev–Trinajstić information content (AvgIpc) is 3.24. The van der Waals surface area contributed by atoms with Gasteiger partial charge >= 0.3 is 0 Å². The molecule has 0 saturated carbocycles. The van der Waals surface area contributed by atoms with Crippen molar-refractivity contribution in [1.82, 2.24) is 15.1 Å². The molecule has 124 valence electrons. The summed E-state index contributed by atoms with van der Waals surface area (Å²) in [6.45, 7) is 0.552. The molecule has 0 aliphatic heterocycles. The molecule has 3 aromatic rings. The third-order valence-electron chi connectivity index (χ3n) is 3.72. The molecule has 1 N–H and O–H groups in total. The number of rotatable bonds is 6. The molecule has 0 saturated heterocycles. The summed E-state index contributed by atoms with van der Waals surface area (Å²) < 4.78 is 6.94. The van der Waals surface area contributed by atoms with Crippen LogP contribution in [0.25, 0.3) is 10.6 Å². The molecule has 24 heavy (non-hydrogen) atoms. The molecule has 0 bridgehead atoms. The van der Waals surface area contributed by atoms with Crippen molar-refractivity contribution in [2.24, 2.45) is 7.05 Å².